The van der Waals surface area contributed by atoms with Crippen molar-refractivity contribution in [2.45, 2.75) is 45.1 Å². The van der Waals surface area contributed by atoms with Crippen LogP contribution in [0.15, 0.2) is 16.2 Å². The lowest BCUT2D eigenvalue weighted by atomic mass is 10.0. The van der Waals surface area contributed by atoms with Gasteiger partial charge in [0, 0.05) is 6.04 Å². The maximum absolute atomic E-state index is 12.6. The highest BCUT2D eigenvalue weighted by Crippen LogP contribution is 2.30. The van der Waals surface area contributed by atoms with Crippen molar-refractivity contribution in [1.82, 2.24) is 9.55 Å². The lowest BCUT2D eigenvalue weighted by Gasteiger charge is -2.17. The van der Waals surface area contributed by atoms with E-state index in [1.165, 1.54) is 30.6 Å². The second-order valence-corrected chi connectivity index (χ2v) is 6.84. The van der Waals surface area contributed by atoms with Crippen molar-refractivity contribution in [3.8, 4) is 0 Å². The molecule has 0 amide bonds. The first-order chi connectivity index (χ1) is 9.16. The third kappa shape index (κ3) is 2.41. The minimum Gasteiger partial charge on any atom is -0.323 e. The molecule has 1 saturated carbocycles. The number of hydrogen-bond donors (Lipinski definition) is 1. The number of nitrogens with zero attached hydrogens (tertiary/aromatic N) is 1. The SMILES string of the molecule is CC1CCCC(n2c(=S)[nH]c3sccc3c2=O)CC1. The van der Waals surface area contributed by atoms with Gasteiger partial charge in [-0.25, -0.2) is 0 Å². The summed E-state index contributed by atoms with van der Waals surface area (Å²) in [5, 5.41) is 2.72. The first-order valence-corrected chi connectivity index (χ1v) is 8.17. The molecule has 0 aromatic carbocycles. The van der Waals surface area contributed by atoms with Gasteiger partial charge in [0.05, 0.1) is 5.39 Å². The molecular weight excluding hydrogens is 276 g/mol. The van der Waals surface area contributed by atoms with Gasteiger partial charge in [-0.1, -0.05) is 19.8 Å². The number of aromatic nitrogens is 2. The van der Waals surface area contributed by atoms with Gasteiger partial charge < -0.3 is 4.98 Å². The van der Waals surface area contributed by atoms with Crippen molar-refractivity contribution >= 4 is 33.8 Å². The highest BCUT2D eigenvalue weighted by atomic mass is 32.1. The first kappa shape index (κ1) is 13.1. The van der Waals surface area contributed by atoms with E-state index in [2.05, 4.69) is 11.9 Å². The van der Waals surface area contributed by atoms with Gasteiger partial charge in [0.2, 0.25) is 0 Å². The summed E-state index contributed by atoms with van der Waals surface area (Å²) in [7, 11) is 0. The molecule has 0 bridgehead atoms. The van der Waals surface area contributed by atoms with E-state index in [0.717, 1.165) is 29.0 Å². The summed E-state index contributed by atoms with van der Waals surface area (Å²) in [6, 6.07) is 2.16. The average molecular weight is 294 g/mol. The fraction of sp³-hybridized carbons (Fsp3) is 0.571. The van der Waals surface area contributed by atoms with E-state index in [9.17, 15) is 4.79 Å². The molecule has 1 aliphatic carbocycles. The summed E-state index contributed by atoms with van der Waals surface area (Å²) in [6.45, 7) is 2.30. The lowest BCUT2D eigenvalue weighted by molar-refractivity contribution is 0.417. The van der Waals surface area contributed by atoms with Gasteiger partial charge in [-0.15, -0.1) is 11.3 Å². The van der Waals surface area contributed by atoms with Crippen molar-refractivity contribution in [3.05, 3.63) is 26.6 Å². The van der Waals surface area contributed by atoms with E-state index in [4.69, 9.17) is 12.2 Å². The number of fused-ring (bicyclic) bond motifs is 1. The highest BCUT2D eigenvalue weighted by molar-refractivity contribution is 7.71. The van der Waals surface area contributed by atoms with E-state index in [1.807, 2.05) is 16.0 Å². The number of rotatable bonds is 1. The zero-order valence-corrected chi connectivity index (χ0v) is 12.6. The summed E-state index contributed by atoms with van der Waals surface area (Å²) in [4.78, 5) is 16.7. The van der Waals surface area contributed by atoms with Gasteiger partial charge in [0.1, 0.15) is 4.83 Å². The minimum absolute atomic E-state index is 0.0829. The lowest BCUT2D eigenvalue weighted by Crippen LogP contribution is -2.26. The fourth-order valence-electron chi connectivity index (χ4n) is 3.01. The highest BCUT2D eigenvalue weighted by Gasteiger charge is 2.20. The van der Waals surface area contributed by atoms with Crippen LogP contribution in [0.1, 0.15) is 45.1 Å². The molecule has 2 unspecified atom stereocenters. The molecule has 3 nitrogen and oxygen atoms in total. The molecule has 0 aliphatic heterocycles. The van der Waals surface area contributed by atoms with Crippen LogP contribution in [0.25, 0.3) is 10.2 Å². The molecule has 0 saturated heterocycles. The normalized spacial score (nSPS) is 24.5. The number of H-pyrrole nitrogens is 1. The summed E-state index contributed by atoms with van der Waals surface area (Å²) >= 11 is 6.94. The maximum atomic E-state index is 12.6. The van der Waals surface area contributed by atoms with E-state index in [1.54, 1.807) is 0 Å². The Labute approximate surface area is 121 Å². The number of thiophene rings is 1. The number of aromatic amines is 1. The van der Waals surface area contributed by atoms with Gasteiger partial charge in [0.15, 0.2) is 4.77 Å². The molecule has 19 heavy (non-hydrogen) atoms. The van der Waals surface area contributed by atoms with E-state index in [-0.39, 0.29) is 11.6 Å². The third-order valence-corrected chi connectivity index (χ3v) is 5.27. The van der Waals surface area contributed by atoms with Gasteiger partial charge in [0.25, 0.3) is 5.56 Å². The van der Waals surface area contributed by atoms with Crippen LogP contribution in [0.3, 0.4) is 0 Å². The summed E-state index contributed by atoms with van der Waals surface area (Å²) in [6.07, 6.45) is 5.77. The quantitative estimate of drug-likeness (QED) is 0.630. The minimum atomic E-state index is 0.0829. The molecule has 2 atom stereocenters. The van der Waals surface area contributed by atoms with Gasteiger partial charge in [-0.2, -0.15) is 0 Å². The molecule has 0 radical (unpaired) electrons. The molecule has 102 valence electrons. The monoisotopic (exact) mass is 294 g/mol. The Balaban J connectivity index is 2.09. The molecular formula is C14H18N2OS2. The molecule has 1 aliphatic rings. The van der Waals surface area contributed by atoms with Crippen molar-refractivity contribution in [2.24, 2.45) is 5.92 Å². The molecule has 5 heteroatoms. The molecule has 2 aromatic rings. The first-order valence-electron chi connectivity index (χ1n) is 6.89. The predicted molar refractivity (Wildman–Crippen MR) is 82.6 cm³/mol. The summed E-state index contributed by atoms with van der Waals surface area (Å²) in [5.41, 5.74) is 0.0829. The Kier molecular flexibility index (Phi) is 3.58. The third-order valence-electron chi connectivity index (χ3n) is 4.15. The second kappa shape index (κ2) is 5.21. The van der Waals surface area contributed by atoms with Crippen molar-refractivity contribution in [2.75, 3.05) is 0 Å². The molecule has 3 rings (SSSR count). The number of nitrogens with one attached hydrogen (secondary N) is 1. The summed E-state index contributed by atoms with van der Waals surface area (Å²) in [5.74, 6) is 0.767. The Bertz CT molecular complexity index is 697. The van der Waals surface area contributed by atoms with Crippen LogP contribution >= 0.6 is 23.6 Å². The Hall–Kier alpha value is -0.940. The van der Waals surface area contributed by atoms with Crippen LogP contribution in [0.4, 0.5) is 0 Å². The molecule has 1 N–H and O–H groups in total. The van der Waals surface area contributed by atoms with Gasteiger partial charge in [-0.05, 0) is 48.8 Å². The smallest absolute Gasteiger partial charge is 0.263 e. The predicted octanol–water partition coefficient (Wildman–Crippen LogP) is 4.26. The van der Waals surface area contributed by atoms with Crippen LogP contribution in [0.5, 0.6) is 0 Å². The number of hydrogen-bond acceptors (Lipinski definition) is 3. The Morgan fingerprint density at radius 3 is 3.05 bits per heavy atom. The molecule has 2 aromatic heterocycles. The standard InChI is InChI=1S/C14H18N2OS2/c1-9-3-2-4-10(6-5-9)16-13(17)11-7-8-19-12(11)15-14(16)18/h7-10H,2-6H2,1H3,(H,15,18). The fourth-order valence-corrected chi connectivity index (χ4v) is 4.19. The van der Waals surface area contributed by atoms with Crippen LogP contribution in [0, 0.1) is 10.7 Å². The molecule has 1 fully saturated rings. The summed E-state index contributed by atoms with van der Waals surface area (Å²) < 4.78 is 2.40. The van der Waals surface area contributed by atoms with E-state index < -0.39 is 0 Å². The van der Waals surface area contributed by atoms with Gasteiger partial charge in [-0.3, -0.25) is 9.36 Å². The van der Waals surface area contributed by atoms with E-state index >= 15 is 0 Å². The average Bonchev–Trinajstić information content (AvgIpc) is 2.73. The topological polar surface area (TPSA) is 37.8 Å². The van der Waals surface area contributed by atoms with Crippen LogP contribution in [-0.4, -0.2) is 9.55 Å². The van der Waals surface area contributed by atoms with Crippen LogP contribution in [0.2, 0.25) is 0 Å². The maximum Gasteiger partial charge on any atom is 0.263 e. The second-order valence-electron chi connectivity index (χ2n) is 5.54. The largest absolute Gasteiger partial charge is 0.323 e. The van der Waals surface area contributed by atoms with Gasteiger partial charge >= 0.3 is 0 Å². The van der Waals surface area contributed by atoms with Crippen molar-refractivity contribution in [3.63, 3.8) is 0 Å². The molecule has 0 spiro atoms. The van der Waals surface area contributed by atoms with E-state index in [0.29, 0.717) is 4.77 Å². The van der Waals surface area contributed by atoms with Crippen molar-refractivity contribution < 1.29 is 0 Å². The Morgan fingerprint density at radius 1 is 1.37 bits per heavy atom. The zero-order chi connectivity index (χ0) is 13.4. The Morgan fingerprint density at radius 2 is 2.21 bits per heavy atom. The van der Waals surface area contributed by atoms with Crippen molar-refractivity contribution in [1.29, 1.82) is 0 Å². The zero-order valence-electron chi connectivity index (χ0n) is 11.0. The van der Waals surface area contributed by atoms with Crippen LogP contribution in [-0.2, 0) is 0 Å². The van der Waals surface area contributed by atoms with Crippen LogP contribution < -0.4 is 5.56 Å². The molecule has 2 heterocycles.